The van der Waals surface area contributed by atoms with Crippen LogP contribution in [0.1, 0.15) is 30.0 Å². The van der Waals surface area contributed by atoms with Crippen molar-refractivity contribution in [2.45, 2.75) is 25.1 Å². The van der Waals surface area contributed by atoms with Gasteiger partial charge in [0.25, 0.3) is 0 Å². The van der Waals surface area contributed by atoms with Gasteiger partial charge in [-0.2, -0.15) is 13.2 Å². The second kappa shape index (κ2) is 5.92. The molecule has 1 rings (SSSR count). The second-order valence-corrected chi connectivity index (χ2v) is 3.96. The van der Waals surface area contributed by atoms with Crippen LogP contribution in [0.25, 0.3) is 0 Å². The molecule has 0 spiro atoms. The van der Waals surface area contributed by atoms with E-state index < -0.39 is 23.8 Å². The fraction of sp³-hybridized carbons (Fsp3) is 0.417. The molecule has 0 amide bonds. The van der Waals surface area contributed by atoms with Gasteiger partial charge in [0.15, 0.2) is 0 Å². The number of aliphatic carboxylic acids is 1. The van der Waals surface area contributed by atoms with E-state index in [0.717, 1.165) is 13.2 Å². The first-order valence-electron chi connectivity index (χ1n) is 5.48. The summed E-state index contributed by atoms with van der Waals surface area (Å²) in [7, 11) is 1.12. The molecule has 3 N–H and O–H groups in total. The van der Waals surface area contributed by atoms with Crippen LogP contribution in [-0.2, 0) is 11.0 Å². The van der Waals surface area contributed by atoms with Crippen LogP contribution in [-0.4, -0.2) is 18.2 Å². The molecule has 0 aliphatic heterocycles. The Bertz CT molecular complexity index is 460. The first-order valence-corrected chi connectivity index (χ1v) is 5.48. The molecule has 0 aliphatic rings. The second-order valence-electron chi connectivity index (χ2n) is 3.96. The van der Waals surface area contributed by atoms with Crippen molar-refractivity contribution in [2.24, 2.45) is 5.73 Å². The number of alkyl halides is 3. The molecule has 0 fully saturated rings. The van der Waals surface area contributed by atoms with Crippen molar-refractivity contribution < 1.29 is 27.8 Å². The zero-order valence-electron chi connectivity index (χ0n) is 10.2. The third-order valence-corrected chi connectivity index (χ3v) is 2.62. The standard InChI is InChI=1S/C12H14F3NO3/c1-19-11-7(9(16)5-6-10(17)18)3-2-4-8(11)12(13,14)15/h2-4,9H,5-6,16H2,1H3,(H,17,18). The number of carbonyl (C=O) groups is 1. The topological polar surface area (TPSA) is 72.5 Å². The summed E-state index contributed by atoms with van der Waals surface area (Å²) < 4.78 is 43.1. The van der Waals surface area contributed by atoms with E-state index in [1.165, 1.54) is 12.1 Å². The van der Waals surface area contributed by atoms with Crippen LogP contribution in [0.4, 0.5) is 13.2 Å². The van der Waals surface area contributed by atoms with Gasteiger partial charge in [-0.25, -0.2) is 0 Å². The Morgan fingerprint density at radius 3 is 2.58 bits per heavy atom. The summed E-state index contributed by atoms with van der Waals surface area (Å²) in [5.74, 6) is -1.41. The summed E-state index contributed by atoms with van der Waals surface area (Å²) in [6, 6.07) is 2.70. The van der Waals surface area contributed by atoms with Crippen molar-refractivity contribution in [3.63, 3.8) is 0 Å². The summed E-state index contributed by atoms with van der Waals surface area (Å²) in [5.41, 5.74) is 4.95. The minimum atomic E-state index is -4.55. The van der Waals surface area contributed by atoms with Gasteiger partial charge in [-0.3, -0.25) is 4.79 Å². The number of hydrogen-bond donors (Lipinski definition) is 2. The van der Waals surface area contributed by atoms with E-state index in [4.69, 9.17) is 15.6 Å². The Balaban J connectivity index is 3.10. The smallest absolute Gasteiger partial charge is 0.419 e. The summed E-state index contributed by atoms with van der Waals surface area (Å²) in [5, 5.41) is 8.55. The molecule has 1 aromatic rings. The van der Waals surface area contributed by atoms with Crippen LogP contribution in [0, 0.1) is 0 Å². The maximum Gasteiger partial charge on any atom is 0.419 e. The molecule has 0 saturated heterocycles. The van der Waals surface area contributed by atoms with Crippen molar-refractivity contribution in [2.75, 3.05) is 7.11 Å². The molecular weight excluding hydrogens is 263 g/mol. The van der Waals surface area contributed by atoms with E-state index in [-0.39, 0.29) is 24.2 Å². The maximum atomic E-state index is 12.8. The van der Waals surface area contributed by atoms with Gasteiger partial charge in [-0.15, -0.1) is 0 Å². The Morgan fingerprint density at radius 2 is 2.11 bits per heavy atom. The molecule has 1 aromatic carbocycles. The molecule has 4 nitrogen and oxygen atoms in total. The highest BCUT2D eigenvalue weighted by molar-refractivity contribution is 5.66. The molecule has 0 aromatic heterocycles. The van der Waals surface area contributed by atoms with E-state index >= 15 is 0 Å². The molecule has 1 atom stereocenters. The van der Waals surface area contributed by atoms with E-state index in [9.17, 15) is 18.0 Å². The van der Waals surface area contributed by atoms with E-state index in [1.807, 2.05) is 0 Å². The first kappa shape index (κ1) is 15.3. The van der Waals surface area contributed by atoms with E-state index in [2.05, 4.69) is 0 Å². The Hall–Kier alpha value is -1.76. The SMILES string of the molecule is COc1c(C(N)CCC(=O)O)cccc1C(F)(F)F. The molecular formula is C12H14F3NO3. The van der Waals surface area contributed by atoms with Crippen molar-refractivity contribution in [3.8, 4) is 5.75 Å². The van der Waals surface area contributed by atoms with Crippen LogP contribution in [0.3, 0.4) is 0 Å². The largest absolute Gasteiger partial charge is 0.496 e. The number of carboxylic acids is 1. The maximum absolute atomic E-state index is 12.8. The molecule has 0 radical (unpaired) electrons. The Labute approximate surface area is 108 Å². The van der Waals surface area contributed by atoms with Crippen molar-refractivity contribution >= 4 is 5.97 Å². The Morgan fingerprint density at radius 1 is 1.47 bits per heavy atom. The lowest BCUT2D eigenvalue weighted by Gasteiger charge is -2.19. The zero-order valence-corrected chi connectivity index (χ0v) is 10.2. The minimum absolute atomic E-state index is 0.0347. The third kappa shape index (κ3) is 3.85. The number of carboxylic acid groups (broad SMARTS) is 1. The number of ether oxygens (including phenoxy) is 1. The summed E-state index contributed by atoms with van der Waals surface area (Å²) in [6.45, 7) is 0. The predicted octanol–water partition coefficient (Wildman–Crippen LogP) is 2.58. The fourth-order valence-corrected chi connectivity index (χ4v) is 1.73. The molecule has 19 heavy (non-hydrogen) atoms. The molecule has 1 unspecified atom stereocenters. The minimum Gasteiger partial charge on any atom is -0.496 e. The normalized spacial score (nSPS) is 13.1. The van der Waals surface area contributed by atoms with E-state index in [0.29, 0.717) is 0 Å². The number of hydrogen-bond acceptors (Lipinski definition) is 3. The highest BCUT2D eigenvalue weighted by atomic mass is 19.4. The number of benzene rings is 1. The van der Waals surface area contributed by atoms with Gasteiger partial charge in [-0.1, -0.05) is 12.1 Å². The van der Waals surface area contributed by atoms with Crippen LogP contribution in [0.2, 0.25) is 0 Å². The summed E-state index contributed by atoms with van der Waals surface area (Å²) >= 11 is 0. The lowest BCUT2D eigenvalue weighted by molar-refractivity contribution is -0.139. The quantitative estimate of drug-likeness (QED) is 0.867. The van der Waals surface area contributed by atoms with Gasteiger partial charge in [0.2, 0.25) is 0 Å². The number of rotatable bonds is 5. The summed E-state index contributed by atoms with van der Waals surface area (Å²) in [4.78, 5) is 10.4. The fourth-order valence-electron chi connectivity index (χ4n) is 1.73. The zero-order chi connectivity index (χ0) is 14.6. The summed E-state index contributed by atoms with van der Waals surface area (Å²) in [6.07, 6.45) is -4.73. The molecule has 7 heteroatoms. The highest BCUT2D eigenvalue weighted by Gasteiger charge is 2.35. The number of halogens is 3. The van der Waals surface area contributed by atoms with Crippen LogP contribution in [0.5, 0.6) is 5.75 Å². The van der Waals surface area contributed by atoms with Gasteiger partial charge >= 0.3 is 12.1 Å². The van der Waals surface area contributed by atoms with Crippen molar-refractivity contribution in [1.82, 2.24) is 0 Å². The molecule has 0 heterocycles. The lowest BCUT2D eigenvalue weighted by atomic mass is 9.99. The lowest BCUT2D eigenvalue weighted by Crippen LogP contribution is -2.16. The van der Waals surface area contributed by atoms with Gasteiger partial charge in [-0.05, 0) is 12.5 Å². The average molecular weight is 277 g/mol. The number of nitrogens with two attached hydrogens (primary N) is 1. The van der Waals surface area contributed by atoms with Gasteiger partial charge in [0, 0.05) is 18.0 Å². The monoisotopic (exact) mass is 277 g/mol. The van der Waals surface area contributed by atoms with Gasteiger partial charge in [0.1, 0.15) is 5.75 Å². The van der Waals surface area contributed by atoms with Crippen LogP contribution >= 0.6 is 0 Å². The van der Waals surface area contributed by atoms with Crippen LogP contribution < -0.4 is 10.5 Å². The van der Waals surface area contributed by atoms with Gasteiger partial charge in [0.05, 0.1) is 12.7 Å². The van der Waals surface area contributed by atoms with Gasteiger partial charge < -0.3 is 15.6 Å². The molecule has 0 aliphatic carbocycles. The molecule has 106 valence electrons. The van der Waals surface area contributed by atoms with Crippen molar-refractivity contribution in [1.29, 1.82) is 0 Å². The van der Waals surface area contributed by atoms with E-state index in [1.54, 1.807) is 0 Å². The number of para-hydroxylation sites is 1. The number of methoxy groups -OCH3 is 1. The molecule has 0 bridgehead atoms. The highest BCUT2D eigenvalue weighted by Crippen LogP contribution is 2.40. The third-order valence-electron chi connectivity index (χ3n) is 2.62. The first-order chi connectivity index (χ1) is 8.77. The van der Waals surface area contributed by atoms with Crippen molar-refractivity contribution in [3.05, 3.63) is 29.3 Å². The average Bonchev–Trinajstić information content (AvgIpc) is 2.33. The predicted molar refractivity (Wildman–Crippen MR) is 61.8 cm³/mol. The molecule has 0 saturated carbocycles. The van der Waals surface area contributed by atoms with Crippen LogP contribution in [0.15, 0.2) is 18.2 Å². The Kier molecular flexibility index (Phi) is 4.77.